The summed E-state index contributed by atoms with van der Waals surface area (Å²) < 4.78 is 0. The number of carbonyl (C=O) groups is 3. The van der Waals surface area contributed by atoms with E-state index in [0.717, 1.165) is 30.0 Å². The number of hydrogen-bond acceptors (Lipinski definition) is 4. The van der Waals surface area contributed by atoms with Gasteiger partial charge in [-0.2, -0.15) is 0 Å². The fourth-order valence-electron chi connectivity index (χ4n) is 4.94. The van der Waals surface area contributed by atoms with Crippen molar-refractivity contribution in [3.05, 3.63) is 58.6 Å². The van der Waals surface area contributed by atoms with Gasteiger partial charge >= 0.3 is 0 Å². The second-order valence-corrected chi connectivity index (χ2v) is 9.97. The summed E-state index contributed by atoms with van der Waals surface area (Å²) in [5.74, 6) is -0.592. The molecule has 2 aliphatic rings. The van der Waals surface area contributed by atoms with Crippen molar-refractivity contribution in [2.45, 2.75) is 39.5 Å². The number of nitrogens with zero attached hydrogens (tertiary/aromatic N) is 2. The Morgan fingerprint density at radius 1 is 1.03 bits per heavy atom. The average Bonchev–Trinajstić information content (AvgIpc) is 3.33. The van der Waals surface area contributed by atoms with Gasteiger partial charge in [-0.15, -0.1) is 0 Å². The fraction of sp³-hybridized carbons (Fsp3) is 0.444. The molecule has 8 heteroatoms. The molecule has 2 aromatic rings. The predicted molar refractivity (Wildman–Crippen MR) is 139 cm³/mol. The zero-order chi connectivity index (χ0) is 25.0. The van der Waals surface area contributed by atoms with Crippen LogP contribution in [0.25, 0.3) is 0 Å². The van der Waals surface area contributed by atoms with Crippen LogP contribution >= 0.6 is 11.6 Å². The first-order valence-electron chi connectivity index (χ1n) is 12.3. The molecule has 2 aromatic carbocycles. The molecule has 0 aliphatic carbocycles. The molecule has 1 unspecified atom stereocenters. The Hall–Kier alpha value is -3.06. The van der Waals surface area contributed by atoms with Crippen molar-refractivity contribution in [3.8, 4) is 0 Å². The van der Waals surface area contributed by atoms with E-state index in [0.29, 0.717) is 36.5 Å². The van der Waals surface area contributed by atoms with E-state index in [9.17, 15) is 14.4 Å². The molecule has 2 N–H and O–H groups in total. The molecule has 1 atom stereocenters. The van der Waals surface area contributed by atoms with E-state index in [1.807, 2.05) is 56.3 Å². The van der Waals surface area contributed by atoms with E-state index < -0.39 is 5.41 Å². The number of amides is 3. The van der Waals surface area contributed by atoms with Gasteiger partial charge in [0.2, 0.25) is 11.8 Å². The van der Waals surface area contributed by atoms with Gasteiger partial charge < -0.3 is 20.4 Å². The second kappa shape index (κ2) is 10.7. The molecule has 0 radical (unpaired) electrons. The minimum atomic E-state index is -0.763. The number of hydrogen-bond donors (Lipinski definition) is 2. The van der Waals surface area contributed by atoms with Crippen molar-refractivity contribution < 1.29 is 14.4 Å². The standard InChI is InChI=1S/C27H33ClN4O3/c1-3-29-24(33)18-30-26(35)27(2)12-15-32(23-9-5-4-8-19(23)17-27)25(34)21-11-10-20(16-22(21)28)31-13-6-7-14-31/h4-5,8-11,16H,3,6-7,12-15,17-18H2,1-2H3,(H,29,33)(H,30,35). The number of likely N-dealkylation sites (N-methyl/N-ethyl adjacent to an activating group) is 1. The molecule has 0 bridgehead atoms. The van der Waals surface area contributed by atoms with Crippen molar-refractivity contribution in [1.82, 2.24) is 10.6 Å². The van der Waals surface area contributed by atoms with Gasteiger partial charge in [0.05, 0.1) is 22.5 Å². The number of halogens is 1. The molecular weight excluding hydrogens is 464 g/mol. The number of carbonyl (C=O) groups excluding carboxylic acids is 3. The molecule has 186 valence electrons. The summed E-state index contributed by atoms with van der Waals surface area (Å²) in [5.41, 5.74) is 2.43. The Morgan fingerprint density at radius 3 is 2.49 bits per heavy atom. The van der Waals surface area contributed by atoms with Gasteiger partial charge in [-0.25, -0.2) is 0 Å². The van der Waals surface area contributed by atoms with Crippen molar-refractivity contribution in [2.24, 2.45) is 5.41 Å². The van der Waals surface area contributed by atoms with Crippen LogP contribution in [0, 0.1) is 5.41 Å². The van der Waals surface area contributed by atoms with E-state index in [1.54, 1.807) is 4.90 Å². The number of para-hydroxylation sites is 1. The third-order valence-electron chi connectivity index (χ3n) is 6.98. The maximum atomic E-state index is 13.7. The lowest BCUT2D eigenvalue weighted by molar-refractivity contribution is -0.132. The summed E-state index contributed by atoms with van der Waals surface area (Å²) in [6.07, 6.45) is 3.25. The molecule has 0 aromatic heterocycles. The first kappa shape index (κ1) is 25.0. The summed E-state index contributed by atoms with van der Waals surface area (Å²) in [6, 6.07) is 13.3. The van der Waals surface area contributed by atoms with Crippen molar-refractivity contribution in [2.75, 3.05) is 42.5 Å². The fourth-order valence-corrected chi connectivity index (χ4v) is 5.20. The van der Waals surface area contributed by atoms with Crippen molar-refractivity contribution in [3.63, 3.8) is 0 Å². The van der Waals surface area contributed by atoms with Crippen LogP contribution in [-0.4, -0.2) is 50.4 Å². The lowest BCUT2D eigenvalue weighted by Crippen LogP contribution is -2.45. The zero-order valence-corrected chi connectivity index (χ0v) is 21.2. The average molecular weight is 497 g/mol. The molecule has 2 heterocycles. The van der Waals surface area contributed by atoms with Gasteiger partial charge in [0.15, 0.2) is 0 Å². The Labute approximate surface area is 211 Å². The lowest BCUT2D eigenvalue weighted by atomic mass is 9.80. The predicted octanol–water partition coefficient (Wildman–Crippen LogP) is 3.79. The van der Waals surface area contributed by atoms with E-state index in [-0.39, 0.29) is 24.3 Å². The summed E-state index contributed by atoms with van der Waals surface area (Å²) in [6.45, 7) is 6.55. The minimum absolute atomic E-state index is 0.0640. The number of fused-ring (bicyclic) bond motifs is 1. The first-order chi connectivity index (χ1) is 16.8. The van der Waals surface area contributed by atoms with Gasteiger partial charge in [-0.05, 0) is 62.4 Å². The van der Waals surface area contributed by atoms with E-state index in [2.05, 4.69) is 15.5 Å². The number of rotatable bonds is 6. The van der Waals surface area contributed by atoms with E-state index >= 15 is 0 Å². The SMILES string of the molecule is CCNC(=O)CNC(=O)C1(C)CCN(C(=O)c2ccc(N3CCCC3)cc2Cl)c2ccccc2C1. The Morgan fingerprint density at radius 2 is 1.77 bits per heavy atom. The highest BCUT2D eigenvalue weighted by Crippen LogP contribution is 2.38. The smallest absolute Gasteiger partial charge is 0.259 e. The molecule has 0 spiro atoms. The molecule has 3 amide bonds. The summed E-state index contributed by atoms with van der Waals surface area (Å²) >= 11 is 6.62. The van der Waals surface area contributed by atoms with Gasteiger partial charge in [-0.3, -0.25) is 14.4 Å². The second-order valence-electron chi connectivity index (χ2n) is 9.57. The third kappa shape index (κ3) is 5.45. The lowest BCUT2D eigenvalue weighted by Gasteiger charge is -2.27. The van der Waals surface area contributed by atoms with Crippen LogP contribution < -0.4 is 20.4 Å². The maximum absolute atomic E-state index is 13.7. The summed E-state index contributed by atoms with van der Waals surface area (Å²) in [7, 11) is 0. The van der Waals surface area contributed by atoms with Crippen LogP contribution in [0.15, 0.2) is 42.5 Å². The Bertz CT molecular complexity index is 1120. The first-order valence-corrected chi connectivity index (χ1v) is 12.7. The molecular formula is C27H33ClN4O3. The van der Waals surface area contributed by atoms with Gasteiger partial charge in [0.25, 0.3) is 5.91 Å². The maximum Gasteiger partial charge on any atom is 0.259 e. The number of benzene rings is 2. The van der Waals surface area contributed by atoms with E-state index in [4.69, 9.17) is 11.6 Å². The summed E-state index contributed by atoms with van der Waals surface area (Å²) in [4.78, 5) is 42.7. The van der Waals surface area contributed by atoms with Gasteiger partial charge in [0.1, 0.15) is 0 Å². The Balaban J connectivity index is 1.56. The van der Waals surface area contributed by atoms with Crippen LogP contribution in [0.2, 0.25) is 5.02 Å². The van der Waals surface area contributed by atoms with Crippen LogP contribution in [-0.2, 0) is 16.0 Å². The van der Waals surface area contributed by atoms with Crippen molar-refractivity contribution >= 4 is 40.7 Å². The zero-order valence-electron chi connectivity index (χ0n) is 20.4. The molecule has 1 saturated heterocycles. The largest absolute Gasteiger partial charge is 0.371 e. The van der Waals surface area contributed by atoms with E-state index in [1.165, 1.54) is 12.8 Å². The number of nitrogens with one attached hydrogen (secondary N) is 2. The third-order valence-corrected chi connectivity index (χ3v) is 7.29. The molecule has 7 nitrogen and oxygen atoms in total. The monoisotopic (exact) mass is 496 g/mol. The highest BCUT2D eigenvalue weighted by molar-refractivity contribution is 6.35. The van der Waals surface area contributed by atoms with Crippen LogP contribution in [0.1, 0.15) is 49.0 Å². The van der Waals surface area contributed by atoms with Crippen molar-refractivity contribution in [1.29, 1.82) is 0 Å². The normalized spacial score (nSPS) is 19.6. The minimum Gasteiger partial charge on any atom is -0.371 e. The number of anilines is 2. The summed E-state index contributed by atoms with van der Waals surface area (Å²) in [5, 5.41) is 5.90. The van der Waals surface area contributed by atoms with Crippen LogP contribution in [0.3, 0.4) is 0 Å². The topological polar surface area (TPSA) is 81.8 Å². The van der Waals surface area contributed by atoms with Gasteiger partial charge in [0, 0.05) is 37.6 Å². The Kier molecular flexibility index (Phi) is 7.65. The quantitative estimate of drug-likeness (QED) is 0.637. The molecule has 2 aliphatic heterocycles. The van der Waals surface area contributed by atoms with Gasteiger partial charge in [-0.1, -0.05) is 36.7 Å². The van der Waals surface area contributed by atoms with Crippen LogP contribution in [0.4, 0.5) is 11.4 Å². The van der Waals surface area contributed by atoms with Crippen LogP contribution in [0.5, 0.6) is 0 Å². The highest BCUT2D eigenvalue weighted by Gasteiger charge is 2.38. The molecule has 1 fully saturated rings. The molecule has 35 heavy (non-hydrogen) atoms. The highest BCUT2D eigenvalue weighted by atomic mass is 35.5. The molecule has 0 saturated carbocycles. The molecule has 4 rings (SSSR count).